The van der Waals surface area contributed by atoms with E-state index in [0.717, 1.165) is 13.1 Å². The molecule has 1 fully saturated rings. The molecule has 1 saturated heterocycles. The zero-order valence-electron chi connectivity index (χ0n) is 12.0. The van der Waals surface area contributed by atoms with Gasteiger partial charge in [0.15, 0.2) is 5.78 Å². The number of nitro groups is 1. The summed E-state index contributed by atoms with van der Waals surface area (Å²) in [6.45, 7) is 6.21. The quantitative estimate of drug-likeness (QED) is 0.508. The highest BCUT2D eigenvalue weighted by molar-refractivity contribution is 5.96. The van der Waals surface area contributed by atoms with Gasteiger partial charge in [-0.3, -0.25) is 24.7 Å². The molecule has 0 aromatic carbocycles. The maximum Gasteiger partial charge on any atom is 0.287 e. The van der Waals surface area contributed by atoms with Crippen LogP contribution in [0.1, 0.15) is 24.3 Å². The lowest BCUT2D eigenvalue weighted by molar-refractivity contribution is -0.384. The van der Waals surface area contributed by atoms with Crippen molar-refractivity contribution in [2.75, 3.05) is 26.7 Å². The first-order chi connectivity index (χ1) is 9.38. The van der Waals surface area contributed by atoms with Crippen LogP contribution in [0.25, 0.3) is 0 Å². The van der Waals surface area contributed by atoms with Crippen LogP contribution in [-0.4, -0.2) is 64.3 Å². The minimum atomic E-state index is -0.507. The van der Waals surface area contributed by atoms with Gasteiger partial charge < -0.3 is 4.98 Å². The van der Waals surface area contributed by atoms with Crippen LogP contribution in [0.3, 0.4) is 0 Å². The molecule has 0 saturated carbocycles. The van der Waals surface area contributed by atoms with E-state index < -0.39 is 4.92 Å². The van der Waals surface area contributed by atoms with Crippen molar-refractivity contribution in [1.29, 1.82) is 0 Å². The fraction of sp³-hybridized carbons (Fsp3) is 0.615. The maximum absolute atomic E-state index is 12.1. The average molecular weight is 280 g/mol. The van der Waals surface area contributed by atoms with Crippen molar-refractivity contribution in [2.45, 2.75) is 25.9 Å². The number of Topliss-reactive ketones (excluding diaryl/α,β-unsaturated/α-hetero) is 1. The lowest BCUT2D eigenvalue weighted by Gasteiger charge is -2.42. The molecule has 7 nitrogen and oxygen atoms in total. The van der Waals surface area contributed by atoms with E-state index in [2.05, 4.69) is 35.7 Å². The monoisotopic (exact) mass is 280 g/mol. The standard InChI is InChI=1S/C13H20N4O3/c1-9-6-16(7-10(2)15(9)3)8-13(18)12-4-11(5-14-12)17(19)20/h4-5,9-10,14H,6-8H2,1-3H3. The molecule has 0 aliphatic carbocycles. The van der Waals surface area contributed by atoms with E-state index in [1.165, 1.54) is 12.3 Å². The Labute approximate surface area is 117 Å². The van der Waals surface area contributed by atoms with Crippen LogP contribution in [0.15, 0.2) is 12.3 Å². The van der Waals surface area contributed by atoms with E-state index in [4.69, 9.17) is 0 Å². The summed E-state index contributed by atoms with van der Waals surface area (Å²) in [5.74, 6) is -0.109. The molecule has 7 heteroatoms. The predicted octanol–water partition coefficient (Wildman–Crippen LogP) is 1.13. The fourth-order valence-electron chi connectivity index (χ4n) is 2.58. The van der Waals surface area contributed by atoms with E-state index in [9.17, 15) is 14.9 Å². The Bertz CT molecular complexity index is 501. The number of piperazine rings is 1. The first kappa shape index (κ1) is 14.7. The first-order valence-corrected chi connectivity index (χ1v) is 6.68. The number of nitrogens with zero attached hydrogens (tertiary/aromatic N) is 3. The number of hydrogen-bond acceptors (Lipinski definition) is 5. The van der Waals surface area contributed by atoms with Gasteiger partial charge in [-0.25, -0.2) is 0 Å². The number of aromatic amines is 1. The Morgan fingerprint density at radius 2 is 2.05 bits per heavy atom. The number of rotatable bonds is 4. The highest BCUT2D eigenvalue weighted by Crippen LogP contribution is 2.16. The molecule has 0 amide bonds. The van der Waals surface area contributed by atoms with Gasteiger partial charge in [-0.15, -0.1) is 0 Å². The number of hydrogen-bond donors (Lipinski definition) is 1. The number of nitrogens with one attached hydrogen (secondary N) is 1. The van der Waals surface area contributed by atoms with Gasteiger partial charge in [-0.2, -0.15) is 0 Å². The van der Waals surface area contributed by atoms with E-state index in [1.54, 1.807) is 0 Å². The first-order valence-electron chi connectivity index (χ1n) is 6.68. The predicted molar refractivity (Wildman–Crippen MR) is 74.9 cm³/mol. The largest absolute Gasteiger partial charge is 0.353 e. The second-order valence-electron chi connectivity index (χ2n) is 5.51. The van der Waals surface area contributed by atoms with Crippen LogP contribution in [0.4, 0.5) is 5.69 Å². The third kappa shape index (κ3) is 3.05. The molecule has 20 heavy (non-hydrogen) atoms. The number of ketones is 1. The number of carbonyl (C=O) groups is 1. The molecular formula is C13H20N4O3. The van der Waals surface area contributed by atoms with Crippen LogP contribution in [-0.2, 0) is 0 Å². The van der Waals surface area contributed by atoms with Crippen molar-refractivity contribution in [1.82, 2.24) is 14.8 Å². The number of likely N-dealkylation sites (N-methyl/N-ethyl adjacent to an activating group) is 1. The smallest absolute Gasteiger partial charge is 0.287 e. The van der Waals surface area contributed by atoms with Gasteiger partial charge in [0.25, 0.3) is 5.69 Å². The molecule has 2 rings (SSSR count). The van der Waals surface area contributed by atoms with Crippen molar-refractivity contribution in [3.8, 4) is 0 Å². The molecule has 110 valence electrons. The van der Waals surface area contributed by atoms with E-state index in [-0.39, 0.29) is 11.5 Å². The maximum atomic E-state index is 12.1. The molecule has 1 N–H and O–H groups in total. The number of H-pyrrole nitrogens is 1. The van der Waals surface area contributed by atoms with Crippen LogP contribution >= 0.6 is 0 Å². The van der Waals surface area contributed by atoms with Gasteiger partial charge >= 0.3 is 0 Å². The van der Waals surface area contributed by atoms with Crippen LogP contribution in [0, 0.1) is 10.1 Å². The molecule has 0 spiro atoms. The van der Waals surface area contributed by atoms with Crippen LogP contribution in [0.5, 0.6) is 0 Å². The van der Waals surface area contributed by atoms with Crippen molar-refractivity contribution >= 4 is 11.5 Å². The minimum Gasteiger partial charge on any atom is -0.353 e. The highest BCUT2D eigenvalue weighted by Gasteiger charge is 2.28. The fourth-order valence-corrected chi connectivity index (χ4v) is 2.58. The van der Waals surface area contributed by atoms with Crippen molar-refractivity contribution in [3.05, 3.63) is 28.1 Å². The van der Waals surface area contributed by atoms with Gasteiger partial charge in [0, 0.05) is 31.2 Å². The Kier molecular flexibility index (Phi) is 4.20. The van der Waals surface area contributed by atoms with Crippen LogP contribution in [0.2, 0.25) is 0 Å². The molecule has 0 radical (unpaired) electrons. The molecule has 1 aliphatic rings. The van der Waals surface area contributed by atoms with E-state index >= 15 is 0 Å². The Morgan fingerprint density at radius 1 is 1.45 bits per heavy atom. The summed E-state index contributed by atoms with van der Waals surface area (Å²) in [5.41, 5.74) is 0.226. The Balaban J connectivity index is 1.99. The van der Waals surface area contributed by atoms with Gasteiger partial charge in [0.1, 0.15) is 0 Å². The molecule has 1 aliphatic heterocycles. The molecule has 1 aromatic rings. The second kappa shape index (κ2) is 5.72. The van der Waals surface area contributed by atoms with Crippen molar-refractivity contribution < 1.29 is 9.72 Å². The zero-order valence-corrected chi connectivity index (χ0v) is 12.0. The van der Waals surface area contributed by atoms with Crippen molar-refractivity contribution in [2.24, 2.45) is 0 Å². The van der Waals surface area contributed by atoms with Gasteiger partial charge in [0.2, 0.25) is 0 Å². The normalized spacial score (nSPS) is 24.8. The van der Waals surface area contributed by atoms with Gasteiger partial charge in [-0.05, 0) is 20.9 Å². The van der Waals surface area contributed by atoms with Crippen LogP contribution < -0.4 is 0 Å². The van der Waals surface area contributed by atoms with E-state index in [1.807, 2.05) is 0 Å². The summed E-state index contributed by atoms with van der Waals surface area (Å²) in [6, 6.07) is 2.08. The number of aromatic nitrogens is 1. The molecule has 2 atom stereocenters. The third-order valence-electron chi connectivity index (χ3n) is 3.98. The summed E-state index contributed by atoms with van der Waals surface area (Å²) < 4.78 is 0. The molecule has 0 bridgehead atoms. The molecular weight excluding hydrogens is 260 g/mol. The summed E-state index contributed by atoms with van der Waals surface area (Å²) in [7, 11) is 2.09. The highest BCUT2D eigenvalue weighted by atomic mass is 16.6. The van der Waals surface area contributed by atoms with Gasteiger partial charge in [0.05, 0.1) is 23.4 Å². The summed E-state index contributed by atoms with van der Waals surface area (Å²) in [4.78, 5) is 29.3. The molecule has 2 unspecified atom stereocenters. The average Bonchev–Trinajstić information content (AvgIpc) is 2.85. The lowest BCUT2D eigenvalue weighted by Crippen LogP contribution is -2.55. The number of carbonyl (C=O) groups excluding carboxylic acids is 1. The minimum absolute atomic E-state index is 0.0755. The molecule has 1 aromatic heterocycles. The van der Waals surface area contributed by atoms with Gasteiger partial charge in [-0.1, -0.05) is 0 Å². The lowest BCUT2D eigenvalue weighted by atomic mass is 10.1. The zero-order chi connectivity index (χ0) is 14.9. The molecule has 2 heterocycles. The van der Waals surface area contributed by atoms with E-state index in [0.29, 0.717) is 24.3 Å². The SMILES string of the molecule is CC1CN(CC(=O)c2cc([N+](=O)[O-])c[nH]2)CC(C)N1C. The second-order valence-corrected chi connectivity index (χ2v) is 5.51. The summed E-state index contributed by atoms with van der Waals surface area (Å²) in [5, 5.41) is 10.6. The topological polar surface area (TPSA) is 82.5 Å². The Hall–Kier alpha value is -1.73. The Morgan fingerprint density at radius 3 is 2.55 bits per heavy atom. The summed E-state index contributed by atoms with van der Waals surface area (Å²) in [6.07, 6.45) is 1.25. The third-order valence-corrected chi connectivity index (χ3v) is 3.98. The summed E-state index contributed by atoms with van der Waals surface area (Å²) >= 11 is 0. The van der Waals surface area contributed by atoms with Crippen molar-refractivity contribution in [3.63, 3.8) is 0 Å².